The molecule has 1 aliphatic heterocycles. The largest absolute Gasteiger partial charge is 0.467 e. The lowest BCUT2D eigenvalue weighted by Crippen LogP contribution is -2.32. The summed E-state index contributed by atoms with van der Waals surface area (Å²) in [5.41, 5.74) is 0.819. The fraction of sp³-hybridized carbons (Fsp3) is 0.200. The lowest BCUT2D eigenvalue weighted by atomic mass is 10.0. The second kappa shape index (κ2) is 4.49. The number of aromatic nitrogens is 2. The summed E-state index contributed by atoms with van der Waals surface area (Å²) in [6.45, 7) is 3.83. The van der Waals surface area contributed by atoms with Crippen molar-refractivity contribution < 1.29 is 4.74 Å². The number of fused-ring (bicyclic) bond motifs is 1. The maximum Gasteiger partial charge on any atom is 0.255 e. The van der Waals surface area contributed by atoms with E-state index in [1.807, 2.05) is 32.1 Å². The molecule has 0 atom stereocenters. The third-order valence-corrected chi connectivity index (χ3v) is 3.25. The molecule has 1 aliphatic rings. The van der Waals surface area contributed by atoms with Crippen molar-refractivity contribution in [2.24, 2.45) is 0 Å². The molecular weight excluding hydrogens is 276 g/mol. The molecule has 2 aromatic heterocycles. The van der Waals surface area contributed by atoms with Crippen LogP contribution in [0.25, 0.3) is 5.70 Å². The van der Waals surface area contributed by atoms with Gasteiger partial charge in [-0.15, -0.1) is 0 Å². The Bertz CT molecular complexity index is 762. The van der Waals surface area contributed by atoms with Crippen LogP contribution in [-0.4, -0.2) is 15.2 Å². The first kappa shape index (κ1) is 12.9. The standard InChI is InChI=1S/C15H13ClN2O2/c1-15(2)8-12(11-4-3-7-17-14(11)20-15)18-9-10(16)5-6-13(18)19/h3-9H,1-2H3. The molecule has 2 aromatic rings. The third-order valence-electron chi connectivity index (χ3n) is 3.03. The van der Waals surface area contributed by atoms with Crippen LogP contribution in [0.3, 0.4) is 0 Å². The van der Waals surface area contributed by atoms with Gasteiger partial charge in [0.15, 0.2) is 0 Å². The Morgan fingerprint density at radius 2 is 2.10 bits per heavy atom. The first-order valence-electron chi connectivity index (χ1n) is 6.22. The van der Waals surface area contributed by atoms with Gasteiger partial charge in [-0.1, -0.05) is 11.6 Å². The zero-order valence-electron chi connectivity index (χ0n) is 11.1. The Morgan fingerprint density at radius 3 is 2.90 bits per heavy atom. The van der Waals surface area contributed by atoms with Crippen LogP contribution in [0.2, 0.25) is 5.02 Å². The normalized spacial score (nSPS) is 16.1. The Morgan fingerprint density at radius 1 is 1.30 bits per heavy atom. The molecule has 0 aliphatic carbocycles. The molecule has 4 nitrogen and oxygen atoms in total. The van der Waals surface area contributed by atoms with Gasteiger partial charge in [-0.05, 0) is 38.1 Å². The summed E-state index contributed by atoms with van der Waals surface area (Å²) in [5.74, 6) is 0.516. The average Bonchev–Trinajstić information content (AvgIpc) is 2.39. The maximum atomic E-state index is 12.1. The predicted molar refractivity (Wildman–Crippen MR) is 78.0 cm³/mol. The van der Waals surface area contributed by atoms with Crippen molar-refractivity contribution in [1.29, 1.82) is 0 Å². The minimum Gasteiger partial charge on any atom is -0.467 e. The monoisotopic (exact) mass is 288 g/mol. The van der Waals surface area contributed by atoms with Crippen molar-refractivity contribution in [3.63, 3.8) is 0 Å². The van der Waals surface area contributed by atoms with E-state index in [1.165, 1.54) is 10.6 Å². The van der Waals surface area contributed by atoms with Gasteiger partial charge >= 0.3 is 0 Å². The van der Waals surface area contributed by atoms with Crippen LogP contribution < -0.4 is 10.3 Å². The van der Waals surface area contributed by atoms with Crippen molar-refractivity contribution in [2.75, 3.05) is 0 Å². The third kappa shape index (κ3) is 2.23. The first-order valence-corrected chi connectivity index (χ1v) is 6.60. The summed E-state index contributed by atoms with van der Waals surface area (Å²) < 4.78 is 7.33. The van der Waals surface area contributed by atoms with Crippen molar-refractivity contribution in [3.05, 3.63) is 63.7 Å². The van der Waals surface area contributed by atoms with E-state index < -0.39 is 5.60 Å². The summed E-state index contributed by atoms with van der Waals surface area (Å²) in [6, 6.07) is 6.71. The van der Waals surface area contributed by atoms with E-state index >= 15 is 0 Å². The number of hydrogen-bond donors (Lipinski definition) is 0. The summed E-state index contributed by atoms with van der Waals surface area (Å²) in [4.78, 5) is 16.3. The number of hydrogen-bond acceptors (Lipinski definition) is 3. The summed E-state index contributed by atoms with van der Waals surface area (Å²) in [6.07, 6.45) is 5.17. The van der Waals surface area contributed by atoms with Gasteiger partial charge in [0, 0.05) is 18.5 Å². The molecule has 0 spiro atoms. The molecule has 0 amide bonds. The Balaban J connectivity index is 2.28. The minimum absolute atomic E-state index is 0.145. The van der Waals surface area contributed by atoms with E-state index in [-0.39, 0.29) is 5.56 Å². The van der Waals surface area contributed by atoms with Crippen molar-refractivity contribution in [3.8, 4) is 5.88 Å². The van der Waals surface area contributed by atoms with Gasteiger partial charge in [0.05, 0.1) is 16.3 Å². The van der Waals surface area contributed by atoms with Crippen LogP contribution in [0.1, 0.15) is 19.4 Å². The number of ether oxygens (including phenoxy) is 1. The highest BCUT2D eigenvalue weighted by Crippen LogP contribution is 2.34. The molecule has 5 heteroatoms. The lowest BCUT2D eigenvalue weighted by Gasteiger charge is -2.30. The summed E-state index contributed by atoms with van der Waals surface area (Å²) in [7, 11) is 0. The maximum absolute atomic E-state index is 12.1. The lowest BCUT2D eigenvalue weighted by molar-refractivity contribution is 0.149. The Kier molecular flexibility index (Phi) is 2.91. The van der Waals surface area contributed by atoms with Crippen molar-refractivity contribution in [1.82, 2.24) is 9.55 Å². The van der Waals surface area contributed by atoms with Crippen LogP contribution in [0.15, 0.2) is 47.5 Å². The highest BCUT2D eigenvalue weighted by atomic mass is 35.5. The highest BCUT2D eigenvalue weighted by molar-refractivity contribution is 6.30. The molecule has 0 N–H and O–H groups in total. The number of nitrogens with zero attached hydrogens (tertiary/aromatic N) is 2. The number of rotatable bonds is 1. The second-order valence-corrected chi connectivity index (χ2v) is 5.58. The van der Waals surface area contributed by atoms with E-state index in [0.717, 1.165) is 11.3 Å². The van der Waals surface area contributed by atoms with Gasteiger partial charge in [0.2, 0.25) is 5.88 Å². The molecule has 3 rings (SSSR count). The molecular formula is C15H13ClN2O2. The van der Waals surface area contributed by atoms with Crippen LogP contribution in [0.5, 0.6) is 5.88 Å². The van der Waals surface area contributed by atoms with Gasteiger partial charge in [-0.2, -0.15) is 0 Å². The molecule has 0 saturated carbocycles. The van der Waals surface area contributed by atoms with Gasteiger partial charge in [0.25, 0.3) is 5.56 Å². The van der Waals surface area contributed by atoms with E-state index in [2.05, 4.69) is 4.98 Å². The van der Waals surface area contributed by atoms with Crippen LogP contribution >= 0.6 is 11.6 Å². The van der Waals surface area contributed by atoms with E-state index in [4.69, 9.17) is 16.3 Å². The zero-order valence-corrected chi connectivity index (χ0v) is 11.9. The fourth-order valence-electron chi connectivity index (χ4n) is 2.20. The molecule has 3 heterocycles. The quantitative estimate of drug-likeness (QED) is 0.810. The van der Waals surface area contributed by atoms with Gasteiger partial charge < -0.3 is 4.74 Å². The smallest absolute Gasteiger partial charge is 0.255 e. The van der Waals surface area contributed by atoms with Gasteiger partial charge in [0.1, 0.15) is 5.60 Å². The van der Waals surface area contributed by atoms with Gasteiger partial charge in [-0.25, -0.2) is 4.98 Å². The second-order valence-electron chi connectivity index (χ2n) is 5.15. The molecule has 102 valence electrons. The van der Waals surface area contributed by atoms with E-state index in [1.54, 1.807) is 18.5 Å². The van der Waals surface area contributed by atoms with Crippen molar-refractivity contribution in [2.45, 2.75) is 19.4 Å². The SMILES string of the molecule is CC1(C)C=C(n2cc(Cl)ccc2=O)c2cccnc2O1. The molecule has 0 unspecified atom stereocenters. The van der Waals surface area contributed by atoms with Crippen LogP contribution in [-0.2, 0) is 0 Å². The average molecular weight is 289 g/mol. The predicted octanol–water partition coefficient (Wildman–Crippen LogP) is 2.96. The van der Waals surface area contributed by atoms with Crippen molar-refractivity contribution >= 4 is 17.3 Å². The van der Waals surface area contributed by atoms with Gasteiger partial charge in [-0.3, -0.25) is 9.36 Å². The molecule has 0 radical (unpaired) electrons. The molecule has 0 aromatic carbocycles. The molecule has 0 bridgehead atoms. The first-order chi connectivity index (χ1) is 9.46. The van der Waals surface area contributed by atoms with Crippen LogP contribution in [0.4, 0.5) is 0 Å². The summed E-state index contributed by atoms with van der Waals surface area (Å²) >= 11 is 6.00. The summed E-state index contributed by atoms with van der Waals surface area (Å²) in [5, 5.41) is 0.500. The molecule has 0 saturated heterocycles. The Hall–Kier alpha value is -2.07. The molecule has 0 fully saturated rings. The number of halogens is 1. The van der Waals surface area contributed by atoms with Crippen LogP contribution in [0, 0.1) is 0 Å². The zero-order chi connectivity index (χ0) is 14.3. The van der Waals surface area contributed by atoms with E-state index in [0.29, 0.717) is 10.9 Å². The topological polar surface area (TPSA) is 44.1 Å². The number of pyridine rings is 2. The van der Waals surface area contributed by atoms with E-state index in [9.17, 15) is 4.79 Å². The highest BCUT2D eigenvalue weighted by Gasteiger charge is 2.28. The Labute approximate surface area is 121 Å². The molecule has 20 heavy (non-hydrogen) atoms. The minimum atomic E-state index is -0.543. The fourth-order valence-corrected chi connectivity index (χ4v) is 2.36.